The Bertz CT molecular complexity index is 1090. The van der Waals surface area contributed by atoms with Crippen LogP contribution in [0.2, 0.25) is 0 Å². The molecule has 0 fully saturated rings. The number of amides is 1. The van der Waals surface area contributed by atoms with Crippen LogP contribution in [0.5, 0.6) is 5.75 Å². The Kier molecular flexibility index (Phi) is 5.93. The first-order valence-corrected chi connectivity index (χ1v) is 10.2. The lowest BCUT2D eigenvalue weighted by Gasteiger charge is -2.15. The van der Waals surface area contributed by atoms with Crippen molar-refractivity contribution in [2.45, 2.75) is 32.2 Å². The molecule has 0 spiro atoms. The molecule has 1 heterocycles. The number of nitrogens with one attached hydrogen (secondary N) is 2. The van der Waals surface area contributed by atoms with Crippen molar-refractivity contribution in [3.8, 4) is 17.1 Å². The molecule has 1 aliphatic carbocycles. The SMILES string of the molecule is COc1ccccc1CNC(=O)C1CCc2nc(-c3ccccc3)[nH]c(=O)c2CC1. The fraction of sp³-hybridized carbons (Fsp3) is 0.292. The van der Waals surface area contributed by atoms with E-state index in [1.54, 1.807) is 7.11 Å². The van der Waals surface area contributed by atoms with Crippen molar-refractivity contribution in [2.75, 3.05) is 7.11 Å². The first kappa shape index (κ1) is 19.9. The van der Waals surface area contributed by atoms with E-state index in [0.29, 0.717) is 43.6 Å². The zero-order valence-corrected chi connectivity index (χ0v) is 17.0. The summed E-state index contributed by atoms with van der Waals surface area (Å²) < 4.78 is 5.35. The molecule has 0 aliphatic heterocycles. The van der Waals surface area contributed by atoms with Gasteiger partial charge in [-0.25, -0.2) is 4.98 Å². The van der Waals surface area contributed by atoms with Gasteiger partial charge < -0.3 is 15.0 Å². The van der Waals surface area contributed by atoms with Gasteiger partial charge in [-0.15, -0.1) is 0 Å². The molecule has 0 radical (unpaired) electrons. The van der Waals surface area contributed by atoms with Gasteiger partial charge in [-0.3, -0.25) is 9.59 Å². The van der Waals surface area contributed by atoms with E-state index < -0.39 is 0 Å². The predicted octanol–water partition coefficient (Wildman–Crippen LogP) is 3.26. The van der Waals surface area contributed by atoms with Crippen molar-refractivity contribution in [2.24, 2.45) is 5.92 Å². The highest BCUT2D eigenvalue weighted by Gasteiger charge is 2.25. The number of H-pyrrole nitrogens is 1. The summed E-state index contributed by atoms with van der Waals surface area (Å²) in [7, 11) is 1.62. The number of aromatic nitrogens is 2. The standard InChI is InChI=1S/C24H25N3O3/c1-30-21-10-6-5-9-18(21)15-25-23(28)17-11-13-19-20(14-12-17)26-22(27-24(19)29)16-7-3-2-4-8-16/h2-10,17H,11-15H2,1H3,(H,25,28)(H,26,27,29). The maximum Gasteiger partial charge on any atom is 0.254 e. The number of para-hydroxylation sites is 1. The Morgan fingerprint density at radius 2 is 1.83 bits per heavy atom. The zero-order chi connectivity index (χ0) is 20.9. The Hall–Kier alpha value is -3.41. The molecule has 6 heteroatoms. The number of carbonyl (C=O) groups is 1. The van der Waals surface area contributed by atoms with Crippen molar-refractivity contribution in [3.05, 3.63) is 81.8 Å². The summed E-state index contributed by atoms with van der Waals surface area (Å²) in [6, 6.07) is 17.3. The average Bonchev–Trinajstić information content (AvgIpc) is 3.01. The molecule has 1 unspecified atom stereocenters. The zero-order valence-electron chi connectivity index (χ0n) is 17.0. The van der Waals surface area contributed by atoms with Crippen LogP contribution >= 0.6 is 0 Å². The number of aryl methyl sites for hydroxylation is 1. The molecule has 6 nitrogen and oxygen atoms in total. The number of hydrogen-bond donors (Lipinski definition) is 2. The topological polar surface area (TPSA) is 84.1 Å². The Labute approximate surface area is 175 Å². The minimum absolute atomic E-state index is 0.00780. The predicted molar refractivity (Wildman–Crippen MR) is 115 cm³/mol. The summed E-state index contributed by atoms with van der Waals surface area (Å²) in [4.78, 5) is 33.1. The molecule has 2 aromatic carbocycles. The van der Waals surface area contributed by atoms with Crippen LogP contribution in [0.25, 0.3) is 11.4 Å². The normalized spacial score (nSPS) is 15.7. The molecule has 1 aromatic heterocycles. The lowest BCUT2D eigenvalue weighted by molar-refractivity contribution is -0.125. The van der Waals surface area contributed by atoms with Gasteiger partial charge in [0.1, 0.15) is 11.6 Å². The fourth-order valence-corrected chi connectivity index (χ4v) is 3.95. The Morgan fingerprint density at radius 3 is 2.63 bits per heavy atom. The van der Waals surface area contributed by atoms with Crippen molar-refractivity contribution in [1.29, 1.82) is 0 Å². The van der Waals surface area contributed by atoms with Crippen LogP contribution < -0.4 is 15.6 Å². The van der Waals surface area contributed by atoms with E-state index in [2.05, 4.69) is 10.3 Å². The molecule has 0 saturated carbocycles. The summed E-state index contributed by atoms with van der Waals surface area (Å²) in [5.74, 6) is 1.20. The van der Waals surface area contributed by atoms with Gasteiger partial charge in [-0.05, 0) is 31.7 Å². The van der Waals surface area contributed by atoms with Crippen molar-refractivity contribution < 1.29 is 9.53 Å². The molecule has 1 amide bonds. The second-order valence-corrected chi connectivity index (χ2v) is 7.51. The second kappa shape index (κ2) is 8.95. The Balaban J connectivity index is 1.45. The van der Waals surface area contributed by atoms with E-state index in [-0.39, 0.29) is 17.4 Å². The monoisotopic (exact) mass is 403 g/mol. The minimum Gasteiger partial charge on any atom is -0.496 e. The van der Waals surface area contributed by atoms with E-state index in [4.69, 9.17) is 9.72 Å². The summed E-state index contributed by atoms with van der Waals surface area (Å²) in [5.41, 5.74) is 3.23. The first-order chi connectivity index (χ1) is 14.7. The summed E-state index contributed by atoms with van der Waals surface area (Å²) in [6.07, 6.45) is 2.49. The summed E-state index contributed by atoms with van der Waals surface area (Å²) in [5, 5.41) is 3.02. The van der Waals surface area contributed by atoms with Gasteiger partial charge in [0, 0.05) is 29.2 Å². The van der Waals surface area contributed by atoms with Gasteiger partial charge in [-0.2, -0.15) is 0 Å². The third-order valence-electron chi connectivity index (χ3n) is 5.64. The molecule has 0 saturated heterocycles. The maximum absolute atomic E-state index is 12.8. The number of aromatic amines is 1. The van der Waals surface area contributed by atoms with Gasteiger partial charge in [0.2, 0.25) is 5.91 Å². The molecule has 2 N–H and O–H groups in total. The third-order valence-corrected chi connectivity index (χ3v) is 5.64. The smallest absolute Gasteiger partial charge is 0.254 e. The minimum atomic E-state index is -0.145. The quantitative estimate of drug-likeness (QED) is 0.641. The molecule has 1 aliphatic rings. The number of nitrogens with zero attached hydrogens (tertiary/aromatic N) is 1. The third kappa shape index (κ3) is 4.27. The maximum atomic E-state index is 12.8. The highest BCUT2D eigenvalue weighted by molar-refractivity contribution is 5.78. The molecule has 30 heavy (non-hydrogen) atoms. The van der Waals surface area contributed by atoms with Crippen LogP contribution in [-0.2, 0) is 24.2 Å². The van der Waals surface area contributed by atoms with E-state index in [1.807, 2.05) is 54.6 Å². The van der Waals surface area contributed by atoms with Gasteiger partial charge in [0.15, 0.2) is 0 Å². The first-order valence-electron chi connectivity index (χ1n) is 10.2. The fourth-order valence-electron chi connectivity index (χ4n) is 3.95. The Morgan fingerprint density at radius 1 is 1.10 bits per heavy atom. The molecule has 4 rings (SSSR count). The van der Waals surface area contributed by atoms with Crippen molar-refractivity contribution in [1.82, 2.24) is 15.3 Å². The second-order valence-electron chi connectivity index (χ2n) is 7.51. The molecular weight excluding hydrogens is 378 g/mol. The molecular formula is C24H25N3O3. The van der Waals surface area contributed by atoms with Gasteiger partial charge in [-0.1, -0.05) is 48.5 Å². The summed E-state index contributed by atoms with van der Waals surface area (Å²) in [6.45, 7) is 0.420. The number of ether oxygens (including phenoxy) is 1. The average molecular weight is 403 g/mol. The van der Waals surface area contributed by atoms with E-state index >= 15 is 0 Å². The number of carbonyl (C=O) groups excluding carboxylic acids is 1. The lowest BCUT2D eigenvalue weighted by Crippen LogP contribution is -2.30. The number of rotatable bonds is 5. The highest BCUT2D eigenvalue weighted by Crippen LogP contribution is 2.24. The number of methoxy groups -OCH3 is 1. The van der Waals surface area contributed by atoms with Crippen LogP contribution in [0.1, 0.15) is 29.7 Å². The van der Waals surface area contributed by atoms with E-state index in [9.17, 15) is 9.59 Å². The molecule has 154 valence electrons. The van der Waals surface area contributed by atoms with Gasteiger partial charge >= 0.3 is 0 Å². The highest BCUT2D eigenvalue weighted by atomic mass is 16.5. The molecule has 3 aromatic rings. The van der Waals surface area contributed by atoms with E-state index in [1.165, 1.54) is 0 Å². The molecule has 1 atom stereocenters. The van der Waals surface area contributed by atoms with E-state index in [0.717, 1.165) is 22.6 Å². The van der Waals surface area contributed by atoms with Gasteiger partial charge in [0.25, 0.3) is 5.56 Å². The number of fused-ring (bicyclic) bond motifs is 1. The van der Waals surface area contributed by atoms with Crippen LogP contribution in [0.15, 0.2) is 59.4 Å². The van der Waals surface area contributed by atoms with Crippen LogP contribution in [0.4, 0.5) is 0 Å². The number of benzene rings is 2. The largest absolute Gasteiger partial charge is 0.496 e. The summed E-state index contributed by atoms with van der Waals surface area (Å²) >= 11 is 0. The van der Waals surface area contributed by atoms with Crippen molar-refractivity contribution in [3.63, 3.8) is 0 Å². The van der Waals surface area contributed by atoms with Crippen LogP contribution in [0.3, 0.4) is 0 Å². The lowest BCUT2D eigenvalue weighted by atomic mass is 9.98. The van der Waals surface area contributed by atoms with Crippen LogP contribution in [-0.4, -0.2) is 23.0 Å². The molecule has 0 bridgehead atoms. The van der Waals surface area contributed by atoms with Crippen LogP contribution in [0, 0.1) is 5.92 Å². The number of hydrogen-bond acceptors (Lipinski definition) is 4. The van der Waals surface area contributed by atoms with Crippen molar-refractivity contribution >= 4 is 5.91 Å². The van der Waals surface area contributed by atoms with Gasteiger partial charge in [0.05, 0.1) is 12.8 Å².